The van der Waals surface area contributed by atoms with E-state index in [0.29, 0.717) is 0 Å². The van der Waals surface area contributed by atoms with Gasteiger partial charge in [0.1, 0.15) is 0 Å². The first-order valence-corrected chi connectivity index (χ1v) is 16.9. The molecule has 10 rings (SSSR count). The molecule has 3 heteroatoms. The number of hydrogen-bond acceptors (Lipinski definition) is 2. The molecule has 0 saturated heterocycles. The van der Waals surface area contributed by atoms with E-state index in [1.54, 1.807) is 0 Å². The Labute approximate surface area is 267 Å². The lowest BCUT2D eigenvalue weighted by Crippen LogP contribution is -1.93. The predicted molar refractivity (Wildman–Crippen MR) is 197 cm³/mol. The van der Waals surface area contributed by atoms with Gasteiger partial charge >= 0.3 is 0 Å². The second-order valence-corrected chi connectivity index (χ2v) is 13.8. The molecule has 0 aliphatic rings. The molecule has 0 atom stereocenters. The van der Waals surface area contributed by atoms with Crippen molar-refractivity contribution in [3.63, 3.8) is 0 Å². The van der Waals surface area contributed by atoms with Crippen molar-refractivity contribution in [3.05, 3.63) is 152 Å². The van der Waals surface area contributed by atoms with Crippen molar-refractivity contribution in [3.8, 4) is 27.9 Å². The lowest BCUT2D eigenvalue weighted by molar-refractivity contribution is 1.20. The Balaban J connectivity index is 1.26. The van der Waals surface area contributed by atoms with Gasteiger partial charge in [-0.25, -0.2) is 0 Å². The molecule has 0 saturated carbocycles. The van der Waals surface area contributed by atoms with Crippen LogP contribution >= 0.6 is 22.7 Å². The summed E-state index contributed by atoms with van der Waals surface area (Å²) in [4.78, 5) is 0. The van der Waals surface area contributed by atoms with Crippen LogP contribution in [-0.4, -0.2) is 4.57 Å². The van der Waals surface area contributed by atoms with Crippen LogP contribution < -0.4 is 0 Å². The zero-order valence-electron chi connectivity index (χ0n) is 24.2. The summed E-state index contributed by atoms with van der Waals surface area (Å²) in [7, 11) is 0. The van der Waals surface area contributed by atoms with Gasteiger partial charge in [-0.1, -0.05) is 109 Å². The van der Waals surface area contributed by atoms with Gasteiger partial charge in [0.15, 0.2) is 0 Å². The van der Waals surface area contributed by atoms with Crippen molar-refractivity contribution in [2.24, 2.45) is 0 Å². The number of hydrogen-bond donors (Lipinski definition) is 0. The lowest BCUT2D eigenvalue weighted by Gasteiger charge is -2.10. The van der Waals surface area contributed by atoms with Gasteiger partial charge in [-0.15, -0.1) is 22.7 Å². The number of fused-ring (bicyclic) bond motifs is 9. The van der Waals surface area contributed by atoms with E-state index in [-0.39, 0.29) is 0 Å². The Kier molecular flexibility index (Phi) is 5.39. The van der Waals surface area contributed by atoms with Crippen molar-refractivity contribution >= 4 is 84.8 Å². The molecular weight excluding hydrogens is 583 g/mol. The Morgan fingerprint density at radius 3 is 1.84 bits per heavy atom. The van der Waals surface area contributed by atoms with E-state index >= 15 is 0 Å². The first-order chi connectivity index (χ1) is 22.3. The number of para-hydroxylation sites is 1. The van der Waals surface area contributed by atoms with Gasteiger partial charge in [0, 0.05) is 46.4 Å². The van der Waals surface area contributed by atoms with Crippen molar-refractivity contribution in [2.75, 3.05) is 0 Å². The highest BCUT2D eigenvalue weighted by atomic mass is 32.1. The van der Waals surface area contributed by atoms with E-state index < -0.39 is 0 Å². The summed E-state index contributed by atoms with van der Waals surface area (Å²) in [5.41, 5.74) is 8.80. The highest BCUT2D eigenvalue weighted by Crippen LogP contribution is 2.47. The molecule has 0 aliphatic heterocycles. The SMILES string of the molecule is c1ccc(-c2ccc3c(c2)c2ccccc2n3-c2cccc3c2sc2cccc(-c4cccc5sc6ccccc6c45)c23)cc1. The molecule has 0 unspecified atom stereocenters. The van der Waals surface area contributed by atoms with Gasteiger partial charge < -0.3 is 4.57 Å². The Morgan fingerprint density at radius 2 is 1.00 bits per heavy atom. The van der Waals surface area contributed by atoms with Gasteiger partial charge in [-0.2, -0.15) is 0 Å². The molecule has 10 aromatic rings. The summed E-state index contributed by atoms with van der Waals surface area (Å²) in [6, 6.07) is 55.7. The Morgan fingerprint density at radius 1 is 0.378 bits per heavy atom. The van der Waals surface area contributed by atoms with E-state index in [4.69, 9.17) is 0 Å². The largest absolute Gasteiger partial charge is 0.308 e. The minimum absolute atomic E-state index is 1.23. The van der Waals surface area contributed by atoms with Crippen molar-refractivity contribution in [2.45, 2.75) is 0 Å². The molecular formula is C42H25NS2. The fraction of sp³-hybridized carbons (Fsp3) is 0. The molecule has 0 radical (unpaired) electrons. The third-order valence-electron chi connectivity index (χ3n) is 9.22. The summed E-state index contributed by atoms with van der Waals surface area (Å²) in [5, 5.41) is 7.91. The molecule has 0 N–H and O–H groups in total. The summed E-state index contributed by atoms with van der Waals surface area (Å²) >= 11 is 3.79. The van der Waals surface area contributed by atoms with Crippen LogP contribution in [-0.2, 0) is 0 Å². The molecule has 3 heterocycles. The Bertz CT molecular complexity index is 2760. The normalized spacial score (nSPS) is 12.0. The van der Waals surface area contributed by atoms with Gasteiger partial charge in [0.2, 0.25) is 0 Å². The average molecular weight is 608 g/mol. The minimum atomic E-state index is 1.23. The van der Waals surface area contributed by atoms with Crippen LogP contribution in [0.2, 0.25) is 0 Å². The second-order valence-electron chi connectivity index (χ2n) is 11.7. The van der Waals surface area contributed by atoms with Crippen LogP contribution in [0, 0.1) is 0 Å². The molecule has 0 bridgehead atoms. The van der Waals surface area contributed by atoms with Crippen LogP contribution in [0.25, 0.3) is 90.1 Å². The lowest BCUT2D eigenvalue weighted by atomic mass is 9.95. The number of rotatable bonds is 3. The predicted octanol–water partition coefficient (Wildman–Crippen LogP) is 12.9. The molecule has 0 aliphatic carbocycles. The van der Waals surface area contributed by atoms with Crippen LogP contribution in [0.5, 0.6) is 0 Å². The highest BCUT2D eigenvalue weighted by molar-refractivity contribution is 7.26. The third kappa shape index (κ3) is 3.66. The topological polar surface area (TPSA) is 4.93 Å². The zero-order chi connectivity index (χ0) is 29.5. The average Bonchev–Trinajstić information content (AvgIpc) is 3.78. The molecule has 7 aromatic carbocycles. The monoisotopic (exact) mass is 607 g/mol. The van der Waals surface area contributed by atoms with Crippen LogP contribution in [0.4, 0.5) is 0 Å². The standard InChI is InChI=1S/C42H25NS2/c1-2-11-26(12-3-1)27-23-24-35-33(25-27)28-13-4-6-18-34(28)43(35)36-19-8-17-32-41-30(16-10-22-39(41)45-42(32)36)29-15-9-21-38-40(29)31-14-5-7-20-37(31)44-38/h1-25H. The van der Waals surface area contributed by atoms with Crippen LogP contribution in [0.3, 0.4) is 0 Å². The fourth-order valence-electron chi connectivity index (χ4n) is 7.28. The van der Waals surface area contributed by atoms with E-state index in [2.05, 4.69) is 156 Å². The maximum absolute atomic E-state index is 2.48. The van der Waals surface area contributed by atoms with Gasteiger partial charge in [-0.05, 0) is 64.7 Å². The quantitative estimate of drug-likeness (QED) is 0.188. The summed E-state index contributed by atoms with van der Waals surface area (Å²) in [5.74, 6) is 0. The molecule has 0 amide bonds. The first kappa shape index (κ1) is 25.1. The molecule has 0 fully saturated rings. The molecule has 3 aromatic heterocycles. The summed E-state index contributed by atoms with van der Waals surface area (Å²) in [6.45, 7) is 0. The maximum Gasteiger partial charge on any atom is 0.0640 e. The summed E-state index contributed by atoms with van der Waals surface area (Å²) in [6.07, 6.45) is 0. The van der Waals surface area contributed by atoms with E-state index in [0.717, 1.165) is 0 Å². The molecule has 0 spiro atoms. The third-order valence-corrected chi connectivity index (χ3v) is 11.5. The minimum Gasteiger partial charge on any atom is -0.308 e. The molecule has 1 nitrogen and oxygen atoms in total. The maximum atomic E-state index is 2.48. The van der Waals surface area contributed by atoms with Crippen molar-refractivity contribution in [1.82, 2.24) is 4.57 Å². The number of aromatic nitrogens is 1. The van der Waals surface area contributed by atoms with Gasteiger partial charge in [0.25, 0.3) is 0 Å². The highest BCUT2D eigenvalue weighted by Gasteiger charge is 2.20. The van der Waals surface area contributed by atoms with Gasteiger partial charge in [0.05, 0.1) is 21.4 Å². The smallest absolute Gasteiger partial charge is 0.0640 e. The van der Waals surface area contributed by atoms with Crippen molar-refractivity contribution in [1.29, 1.82) is 0 Å². The molecule has 210 valence electrons. The number of nitrogens with zero attached hydrogens (tertiary/aromatic N) is 1. The zero-order valence-corrected chi connectivity index (χ0v) is 25.8. The van der Waals surface area contributed by atoms with Gasteiger partial charge in [-0.3, -0.25) is 0 Å². The van der Waals surface area contributed by atoms with E-state index in [1.807, 2.05) is 22.7 Å². The Hall–Kier alpha value is -5.22. The van der Waals surface area contributed by atoms with Crippen LogP contribution in [0.15, 0.2) is 152 Å². The van der Waals surface area contributed by atoms with E-state index in [9.17, 15) is 0 Å². The van der Waals surface area contributed by atoms with Crippen molar-refractivity contribution < 1.29 is 0 Å². The number of benzene rings is 7. The second kappa shape index (κ2) is 9.64. The van der Waals surface area contributed by atoms with E-state index in [1.165, 1.54) is 90.1 Å². The first-order valence-electron chi connectivity index (χ1n) is 15.3. The number of thiophene rings is 2. The summed E-state index contributed by atoms with van der Waals surface area (Å²) < 4.78 is 7.79. The van der Waals surface area contributed by atoms with Crippen LogP contribution in [0.1, 0.15) is 0 Å². The fourth-order valence-corrected chi connectivity index (χ4v) is 9.64. The molecule has 45 heavy (non-hydrogen) atoms.